The molecule has 0 aliphatic heterocycles. The molecule has 0 unspecified atom stereocenters. The van der Waals surface area contributed by atoms with Crippen molar-refractivity contribution in [2.45, 2.75) is 6.92 Å². The van der Waals surface area contributed by atoms with E-state index in [0.29, 0.717) is 25.5 Å². The molecule has 0 heterocycles. The van der Waals surface area contributed by atoms with Crippen LogP contribution < -0.4 is 10.6 Å². The Kier molecular flexibility index (Phi) is 5.36. The molecule has 0 spiro atoms. The number of halogens is 3. The van der Waals surface area contributed by atoms with Gasteiger partial charge in [-0.05, 0) is 59.0 Å². The zero-order valence-corrected chi connectivity index (χ0v) is 14.3. The number of hydrogen-bond acceptors (Lipinski definition) is 2. The van der Waals surface area contributed by atoms with Crippen LogP contribution in [0.25, 0.3) is 0 Å². The van der Waals surface area contributed by atoms with Crippen molar-refractivity contribution in [3.8, 4) is 0 Å². The molecule has 2 aromatic carbocycles. The van der Waals surface area contributed by atoms with E-state index in [1.165, 1.54) is 31.2 Å². The monoisotopic (exact) mass is 432 g/mol. The van der Waals surface area contributed by atoms with Crippen LogP contribution in [0.3, 0.4) is 0 Å². The molecule has 0 bridgehead atoms. The summed E-state index contributed by atoms with van der Waals surface area (Å²) in [6, 6.07) is 8.60. The fourth-order valence-electron chi connectivity index (χ4n) is 1.78. The first-order valence-electron chi connectivity index (χ1n) is 6.20. The highest BCUT2D eigenvalue weighted by atomic mass is 127. The number of carbonyl (C=O) groups is 2. The molecule has 2 amide bonds. The van der Waals surface area contributed by atoms with Gasteiger partial charge in [0.2, 0.25) is 5.91 Å². The molecule has 0 fully saturated rings. The van der Waals surface area contributed by atoms with Gasteiger partial charge in [-0.25, -0.2) is 4.39 Å². The van der Waals surface area contributed by atoms with E-state index in [-0.39, 0.29) is 5.91 Å². The van der Waals surface area contributed by atoms with Gasteiger partial charge in [0.05, 0.1) is 16.9 Å². The van der Waals surface area contributed by atoms with Crippen LogP contribution in [-0.4, -0.2) is 11.8 Å². The number of carbonyl (C=O) groups excluding carboxylic acids is 2. The topological polar surface area (TPSA) is 58.2 Å². The van der Waals surface area contributed by atoms with Gasteiger partial charge >= 0.3 is 0 Å². The van der Waals surface area contributed by atoms with Gasteiger partial charge in [0.15, 0.2) is 0 Å². The number of amides is 2. The van der Waals surface area contributed by atoms with Crippen LogP contribution in [0.2, 0.25) is 5.02 Å². The second kappa shape index (κ2) is 7.06. The van der Waals surface area contributed by atoms with Crippen LogP contribution in [0, 0.1) is 9.39 Å². The predicted molar refractivity (Wildman–Crippen MR) is 92.8 cm³/mol. The summed E-state index contributed by atoms with van der Waals surface area (Å²) in [5.74, 6) is -1.10. The third-order valence-corrected chi connectivity index (χ3v) is 3.84. The van der Waals surface area contributed by atoms with E-state index in [1.54, 1.807) is 12.1 Å². The summed E-state index contributed by atoms with van der Waals surface area (Å²) in [4.78, 5) is 23.5. The van der Waals surface area contributed by atoms with Crippen molar-refractivity contribution in [1.29, 1.82) is 0 Å². The lowest BCUT2D eigenvalue weighted by atomic mass is 10.2. The second-order valence-electron chi connectivity index (χ2n) is 4.45. The summed E-state index contributed by atoms with van der Waals surface area (Å²) in [5.41, 5.74) is 1.13. The molecule has 0 radical (unpaired) electrons. The molecule has 0 aromatic heterocycles. The molecule has 2 rings (SSSR count). The fraction of sp³-hybridized carbons (Fsp3) is 0.0667. The fourth-order valence-corrected chi connectivity index (χ4v) is 2.68. The Hall–Kier alpha value is -1.67. The van der Waals surface area contributed by atoms with Crippen LogP contribution in [-0.2, 0) is 4.79 Å². The largest absolute Gasteiger partial charge is 0.325 e. The molecule has 2 N–H and O–H groups in total. The summed E-state index contributed by atoms with van der Waals surface area (Å²) >= 11 is 7.80. The predicted octanol–water partition coefficient (Wildman–Crippen LogP) is 4.29. The lowest BCUT2D eigenvalue weighted by Gasteiger charge is -2.12. The molecule has 0 aliphatic carbocycles. The van der Waals surface area contributed by atoms with Crippen molar-refractivity contribution in [2.75, 3.05) is 10.6 Å². The van der Waals surface area contributed by atoms with Crippen LogP contribution in [0.5, 0.6) is 0 Å². The van der Waals surface area contributed by atoms with E-state index in [0.717, 1.165) is 0 Å². The van der Waals surface area contributed by atoms with E-state index in [1.807, 2.05) is 22.6 Å². The zero-order chi connectivity index (χ0) is 16.3. The first-order valence-corrected chi connectivity index (χ1v) is 7.66. The van der Waals surface area contributed by atoms with E-state index in [2.05, 4.69) is 10.6 Å². The van der Waals surface area contributed by atoms with Crippen LogP contribution in [0.4, 0.5) is 15.8 Å². The van der Waals surface area contributed by atoms with Crippen LogP contribution >= 0.6 is 34.2 Å². The number of hydrogen-bond donors (Lipinski definition) is 2. The smallest absolute Gasteiger partial charge is 0.256 e. The van der Waals surface area contributed by atoms with Gasteiger partial charge in [0.1, 0.15) is 5.82 Å². The molecular formula is C15H11ClFIN2O2. The summed E-state index contributed by atoms with van der Waals surface area (Å²) in [5, 5.41) is 5.69. The SMILES string of the molecule is CC(=O)Nc1ccc(Cl)cc1NC(=O)c1ccc(F)cc1I. The standard InChI is InChI=1S/C15H11ClFIN2O2/c1-8(21)19-13-5-2-9(16)6-14(13)20-15(22)11-4-3-10(17)7-12(11)18/h2-7H,1H3,(H,19,21)(H,20,22). The van der Waals surface area contributed by atoms with Gasteiger partial charge < -0.3 is 10.6 Å². The maximum atomic E-state index is 13.1. The average molecular weight is 433 g/mol. The minimum atomic E-state index is -0.418. The minimum absolute atomic E-state index is 0.269. The van der Waals surface area contributed by atoms with E-state index < -0.39 is 11.7 Å². The molecule has 0 saturated carbocycles. The van der Waals surface area contributed by atoms with Gasteiger partial charge in [-0.15, -0.1) is 0 Å². The van der Waals surface area contributed by atoms with Gasteiger partial charge in [-0.1, -0.05) is 11.6 Å². The third-order valence-electron chi connectivity index (χ3n) is 2.72. The van der Waals surface area contributed by atoms with Crippen LogP contribution in [0.15, 0.2) is 36.4 Å². The molecule has 0 atom stereocenters. The first-order chi connectivity index (χ1) is 10.4. The van der Waals surface area contributed by atoms with Crippen molar-refractivity contribution < 1.29 is 14.0 Å². The van der Waals surface area contributed by atoms with E-state index >= 15 is 0 Å². The third kappa shape index (κ3) is 4.17. The molecule has 114 valence electrons. The highest BCUT2D eigenvalue weighted by Crippen LogP contribution is 2.27. The summed E-state index contributed by atoms with van der Waals surface area (Å²) < 4.78 is 13.6. The van der Waals surface area contributed by atoms with E-state index in [9.17, 15) is 14.0 Å². The highest BCUT2D eigenvalue weighted by molar-refractivity contribution is 14.1. The van der Waals surface area contributed by atoms with Crippen molar-refractivity contribution in [3.63, 3.8) is 0 Å². The second-order valence-corrected chi connectivity index (χ2v) is 6.05. The maximum Gasteiger partial charge on any atom is 0.256 e. The summed E-state index contributed by atoms with van der Waals surface area (Å²) in [6.45, 7) is 1.36. The Balaban J connectivity index is 2.31. The molecule has 7 heteroatoms. The Morgan fingerprint density at radius 2 is 1.82 bits per heavy atom. The number of benzene rings is 2. The van der Waals surface area contributed by atoms with Crippen molar-refractivity contribution in [3.05, 3.63) is 56.4 Å². The molecule has 4 nitrogen and oxygen atoms in total. The Morgan fingerprint density at radius 3 is 2.45 bits per heavy atom. The molecule has 2 aromatic rings. The van der Waals surface area contributed by atoms with Crippen molar-refractivity contribution >= 4 is 57.4 Å². The van der Waals surface area contributed by atoms with Crippen molar-refractivity contribution in [2.24, 2.45) is 0 Å². The lowest BCUT2D eigenvalue weighted by Crippen LogP contribution is -2.16. The summed E-state index contributed by atoms with van der Waals surface area (Å²) in [7, 11) is 0. The number of nitrogens with one attached hydrogen (secondary N) is 2. The Morgan fingerprint density at radius 1 is 1.09 bits per heavy atom. The van der Waals surface area contributed by atoms with E-state index in [4.69, 9.17) is 11.6 Å². The minimum Gasteiger partial charge on any atom is -0.325 e. The van der Waals surface area contributed by atoms with Gasteiger partial charge in [0.25, 0.3) is 5.91 Å². The average Bonchev–Trinajstić information content (AvgIpc) is 2.41. The highest BCUT2D eigenvalue weighted by Gasteiger charge is 2.14. The Bertz CT molecular complexity index is 752. The maximum absolute atomic E-state index is 13.1. The molecule has 0 aliphatic rings. The quantitative estimate of drug-likeness (QED) is 0.711. The lowest BCUT2D eigenvalue weighted by molar-refractivity contribution is -0.114. The zero-order valence-electron chi connectivity index (χ0n) is 11.4. The normalized spacial score (nSPS) is 10.2. The summed E-state index contributed by atoms with van der Waals surface area (Å²) in [6.07, 6.45) is 0. The number of anilines is 2. The molecular weight excluding hydrogens is 422 g/mol. The van der Waals surface area contributed by atoms with Gasteiger partial charge in [-0.2, -0.15) is 0 Å². The van der Waals surface area contributed by atoms with Gasteiger partial charge in [-0.3, -0.25) is 9.59 Å². The van der Waals surface area contributed by atoms with Gasteiger partial charge in [0, 0.05) is 15.5 Å². The first kappa shape index (κ1) is 16.7. The number of rotatable bonds is 3. The molecule has 22 heavy (non-hydrogen) atoms. The van der Waals surface area contributed by atoms with Crippen LogP contribution in [0.1, 0.15) is 17.3 Å². The molecule has 0 saturated heterocycles. The Labute approximate surface area is 145 Å². The van der Waals surface area contributed by atoms with Crippen molar-refractivity contribution in [1.82, 2.24) is 0 Å².